The highest BCUT2D eigenvalue weighted by Gasteiger charge is 2.18. The van der Waals surface area contributed by atoms with Gasteiger partial charge in [0, 0.05) is 0 Å². The van der Waals surface area contributed by atoms with Crippen LogP contribution in [0.3, 0.4) is 0 Å². The molecule has 3 aromatic rings. The van der Waals surface area contributed by atoms with Crippen molar-refractivity contribution in [3.63, 3.8) is 0 Å². The van der Waals surface area contributed by atoms with Crippen LogP contribution in [0.15, 0.2) is 78.4 Å². The van der Waals surface area contributed by atoms with Crippen molar-refractivity contribution in [2.45, 2.75) is 19.3 Å². The summed E-state index contributed by atoms with van der Waals surface area (Å²) in [5.74, 6) is 0.542. The molecule has 0 unspecified atom stereocenters. The number of aryl methyl sites for hydroxylation is 1. The molecule has 2 nitrogen and oxygen atoms in total. The highest BCUT2D eigenvalue weighted by Crippen LogP contribution is 2.35. The van der Waals surface area contributed by atoms with E-state index in [0.29, 0.717) is 0 Å². The predicted octanol–water partition coefficient (Wildman–Crippen LogP) is 5.09. The normalized spacial score (nSPS) is 13.4. The van der Waals surface area contributed by atoms with E-state index in [-0.39, 0.29) is 11.5 Å². The molecular formula is C23H20O2. The first-order valence-electron chi connectivity index (χ1n) is 8.58. The van der Waals surface area contributed by atoms with Crippen LogP contribution in [0.2, 0.25) is 0 Å². The van der Waals surface area contributed by atoms with Crippen LogP contribution < -0.4 is 0 Å². The molecule has 0 aliphatic heterocycles. The van der Waals surface area contributed by atoms with E-state index in [1.54, 1.807) is 24.3 Å². The van der Waals surface area contributed by atoms with Gasteiger partial charge >= 0.3 is 0 Å². The van der Waals surface area contributed by atoms with E-state index in [4.69, 9.17) is 0 Å². The van der Waals surface area contributed by atoms with Crippen LogP contribution in [-0.4, -0.2) is 10.2 Å². The van der Waals surface area contributed by atoms with Crippen LogP contribution >= 0.6 is 0 Å². The third kappa shape index (κ3) is 3.16. The number of fused-ring (bicyclic) bond motifs is 1. The maximum atomic E-state index is 9.64. The third-order valence-electron chi connectivity index (χ3n) is 4.88. The Labute approximate surface area is 147 Å². The third-order valence-corrected chi connectivity index (χ3v) is 4.88. The average Bonchev–Trinajstić information content (AvgIpc) is 2.65. The Balaban J connectivity index is 1.85. The number of aromatic hydroxyl groups is 2. The second-order valence-electron chi connectivity index (χ2n) is 6.52. The molecular weight excluding hydrogens is 308 g/mol. The number of phenols is 2. The number of allylic oxidation sites excluding steroid dienone is 1. The van der Waals surface area contributed by atoms with Gasteiger partial charge in [0.1, 0.15) is 11.5 Å². The number of hydrogen-bond acceptors (Lipinski definition) is 2. The summed E-state index contributed by atoms with van der Waals surface area (Å²) in [6.07, 6.45) is 3.01. The Morgan fingerprint density at radius 2 is 1.12 bits per heavy atom. The van der Waals surface area contributed by atoms with Gasteiger partial charge in [-0.25, -0.2) is 0 Å². The first-order chi connectivity index (χ1) is 12.2. The largest absolute Gasteiger partial charge is 0.508 e. The fourth-order valence-corrected chi connectivity index (χ4v) is 3.62. The summed E-state index contributed by atoms with van der Waals surface area (Å²) >= 11 is 0. The van der Waals surface area contributed by atoms with Crippen LogP contribution in [0.25, 0.3) is 5.57 Å². The molecule has 0 spiro atoms. The van der Waals surface area contributed by atoms with Crippen molar-refractivity contribution in [1.82, 2.24) is 0 Å². The van der Waals surface area contributed by atoms with E-state index in [1.807, 2.05) is 24.3 Å². The average molecular weight is 328 g/mol. The molecule has 124 valence electrons. The van der Waals surface area contributed by atoms with Crippen LogP contribution in [0.4, 0.5) is 0 Å². The maximum absolute atomic E-state index is 9.64. The Kier molecular flexibility index (Phi) is 4.02. The van der Waals surface area contributed by atoms with E-state index >= 15 is 0 Å². The molecule has 0 aromatic heterocycles. The first-order valence-corrected chi connectivity index (χ1v) is 8.58. The van der Waals surface area contributed by atoms with Crippen molar-refractivity contribution in [2.75, 3.05) is 0 Å². The standard InChI is InChI=1S/C23H20O2/c24-21-11-7-17(8-12-21)23(18-9-13-22(25)14-10-18)20-6-5-16-3-1-2-4-19(16)15-20/h1-4,7-14,24-25H,5-6,15H2. The fraction of sp³-hybridized carbons (Fsp3) is 0.130. The minimum absolute atomic E-state index is 0.271. The number of benzene rings is 3. The first kappa shape index (κ1) is 15.5. The lowest BCUT2D eigenvalue weighted by molar-refractivity contribution is 0.475. The van der Waals surface area contributed by atoms with Gasteiger partial charge in [-0.2, -0.15) is 0 Å². The fourth-order valence-electron chi connectivity index (χ4n) is 3.62. The van der Waals surface area contributed by atoms with Crippen molar-refractivity contribution in [2.24, 2.45) is 0 Å². The minimum Gasteiger partial charge on any atom is -0.508 e. The molecule has 2 N–H and O–H groups in total. The molecule has 2 heteroatoms. The molecule has 1 aliphatic rings. The summed E-state index contributed by atoms with van der Waals surface area (Å²) in [6, 6.07) is 23.4. The van der Waals surface area contributed by atoms with E-state index in [2.05, 4.69) is 24.3 Å². The molecule has 4 rings (SSSR count). The molecule has 0 fully saturated rings. The van der Waals surface area contributed by atoms with Gasteiger partial charge in [-0.3, -0.25) is 0 Å². The number of rotatable bonds is 2. The van der Waals surface area contributed by atoms with E-state index in [9.17, 15) is 10.2 Å². The maximum Gasteiger partial charge on any atom is 0.115 e. The lowest BCUT2D eigenvalue weighted by Crippen LogP contribution is -2.08. The molecule has 0 radical (unpaired) electrons. The number of phenolic OH excluding ortho intramolecular Hbond substituents is 2. The molecule has 3 aromatic carbocycles. The highest BCUT2D eigenvalue weighted by atomic mass is 16.3. The van der Waals surface area contributed by atoms with Gasteiger partial charge in [0.2, 0.25) is 0 Å². The van der Waals surface area contributed by atoms with Gasteiger partial charge in [-0.1, -0.05) is 54.1 Å². The van der Waals surface area contributed by atoms with Crippen LogP contribution in [-0.2, 0) is 12.8 Å². The monoisotopic (exact) mass is 328 g/mol. The van der Waals surface area contributed by atoms with Crippen molar-refractivity contribution in [1.29, 1.82) is 0 Å². The molecule has 25 heavy (non-hydrogen) atoms. The molecule has 0 atom stereocenters. The van der Waals surface area contributed by atoms with E-state index in [1.165, 1.54) is 22.3 Å². The Bertz CT molecular complexity index is 872. The van der Waals surface area contributed by atoms with Gasteiger partial charge in [-0.05, 0) is 71.4 Å². The Hall–Kier alpha value is -3.00. The zero-order valence-electron chi connectivity index (χ0n) is 13.9. The summed E-state index contributed by atoms with van der Waals surface area (Å²) in [6.45, 7) is 0. The Morgan fingerprint density at radius 1 is 0.600 bits per heavy atom. The van der Waals surface area contributed by atoms with Crippen molar-refractivity contribution in [3.05, 3.63) is 101 Å². The second kappa shape index (κ2) is 6.48. The summed E-state index contributed by atoms with van der Waals surface area (Å²) in [5.41, 5.74) is 7.61. The molecule has 0 heterocycles. The quantitative estimate of drug-likeness (QED) is 0.688. The minimum atomic E-state index is 0.271. The number of hydrogen-bond donors (Lipinski definition) is 2. The van der Waals surface area contributed by atoms with Gasteiger partial charge in [0.25, 0.3) is 0 Å². The van der Waals surface area contributed by atoms with Gasteiger partial charge < -0.3 is 10.2 Å². The van der Waals surface area contributed by atoms with Gasteiger partial charge in [0.15, 0.2) is 0 Å². The zero-order valence-corrected chi connectivity index (χ0v) is 13.9. The molecule has 0 saturated heterocycles. The van der Waals surface area contributed by atoms with Gasteiger partial charge in [0.05, 0.1) is 0 Å². The van der Waals surface area contributed by atoms with E-state index < -0.39 is 0 Å². The molecule has 0 amide bonds. The predicted molar refractivity (Wildman–Crippen MR) is 101 cm³/mol. The molecule has 1 aliphatic carbocycles. The highest BCUT2D eigenvalue weighted by molar-refractivity contribution is 5.83. The van der Waals surface area contributed by atoms with Gasteiger partial charge in [-0.15, -0.1) is 0 Å². The SMILES string of the molecule is Oc1ccc(C(=C2CCc3ccccc3C2)c2ccc(O)cc2)cc1. The summed E-state index contributed by atoms with van der Waals surface area (Å²) < 4.78 is 0. The van der Waals surface area contributed by atoms with Crippen LogP contribution in [0.1, 0.15) is 28.7 Å². The lowest BCUT2D eigenvalue weighted by atomic mass is 9.82. The topological polar surface area (TPSA) is 40.5 Å². The smallest absolute Gasteiger partial charge is 0.115 e. The molecule has 0 bridgehead atoms. The van der Waals surface area contributed by atoms with Crippen molar-refractivity contribution in [3.8, 4) is 11.5 Å². The summed E-state index contributed by atoms with van der Waals surface area (Å²) in [7, 11) is 0. The lowest BCUT2D eigenvalue weighted by Gasteiger charge is -2.23. The van der Waals surface area contributed by atoms with Crippen LogP contribution in [0.5, 0.6) is 11.5 Å². The van der Waals surface area contributed by atoms with Crippen LogP contribution in [0, 0.1) is 0 Å². The zero-order chi connectivity index (χ0) is 17.2. The summed E-state index contributed by atoms with van der Waals surface area (Å²) in [5, 5.41) is 19.3. The Morgan fingerprint density at radius 3 is 1.68 bits per heavy atom. The second-order valence-corrected chi connectivity index (χ2v) is 6.52. The van der Waals surface area contributed by atoms with Crippen molar-refractivity contribution >= 4 is 5.57 Å². The summed E-state index contributed by atoms with van der Waals surface area (Å²) in [4.78, 5) is 0. The van der Waals surface area contributed by atoms with Crippen molar-refractivity contribution < 1.29 is 10.2 Å². The molecule has 0 saturated carbocycles. The van der Waals surface area contributed by atoms with E-state index in [0.717, 1.165) is 30.4 Å².